The molecular formula is C23H21FN4O6. The maximum absolute atomic E-state index is 15.0. The first-order valence-electron chi connectivity index (χ1n) is 10.6. The van der Waals surface area contributed by atoms with Crippen LogP contribution in [0.2, 0.25) is 0 Å². The quantitative estimate of drug-likeness (QED) is 0.451. The molecule has 2 aromatic carbocycles. The molecule has 0 radical (unpaired) electrons. The first kappa shape index (κ1) is 22.9. The molecule has 11 heteroatoms. The molecule has 0 aliphatic carbocycles. The largest absolute Gasteiger partial charge is 0.477 e. The Balaban J connectivity index is 1.61. The lowest BCUT2D eigenvalue weighted by Crippen LogP contribution is -2.49. The van der Waals surface area contributed by atoms with E-state index in [0.717, 1.165) is 6.07 Å². The number of hydrogen-bond acceptors (Lipinski definition) is 6. The maximum atomic E-state index is 15.0. The molecule has 176 valence electrons. The lowest BCUT2D eigenvalue weighted by Gasteiger charge is -2.36. The van der Waals surface area contributed by atoms with Crippen LogP contribution >= 0.6 is 0 Å². The number of pyridine rings is 1. The first-order valence-corrected chi connectivity index (χ1v) is 10.6. The molecule has 3 aromatic rings. The van der Waals surface area contributed by atoms with Crippen molar-refractivity contribution in [3.05, 3.63) is 79.9 Å². The lowest BCUT2D eigenvalue weighted by molar-refractivity contribution is -0.385. The number of amides is 1. The van der Waals surface area contributed by atoms with Crippen LogP contribution in [0.4, 0.5) is 15.8 Å². The summed E-state index contributed by atoms with van der Waals surface area (Å²) in [6.45, 7) is 3.16. The van der Waals surface area contributed by atoms with Gasteiger partial charge in [-0.25, -0.2) is 9.18 Å². The maximum Gasteiger partial charge on any atom is 0.341 e. The first-order chi connectivity index (χ1) is 16.2. The summed E-state index contributed by atoms with van der Waals surface area (Å²) in [6.07, 6.45) is 1.25. The number of benzene rings is 2. The molecule has 0 saturated carbocycles. The molecule has 0 spiro atoms. The van der Waals surface area contributed by atoms with Gasteiger partial charge in [0.05, 0.1) is 16.1 Å². The van der Waals surface area contributed by atoms with Crippen molar-refractivity contribution in [3.8, 4) is 0 Å². The standard InChI is InChI=1S/C23H21FN4O6/c1-2-25-13-16(23(31)32)21(29)15-11-17(24)20(12-19(15)25)26-7-9-27(10-8-26)22(30)14-5-3-4-6-18(14)28(33)34/h3-6,11-13H,2,7-10H2,1H3,(H,31,32). The van der Waals surface area contributed by atoms with E-state index < -0.39 is 33.6 Å². The van der Waals surface area contributed by atoms with Gasteiger partial charge in [-0.15, -0.1) is 0 Å². The molecule has 4 rings (SSSR count). The summed E-state index contributed by atoms with van der Waals surface area (Å²) < 4.78 is 16.6. The predicted octanol–water partition coefficient (Wildman–Crippen LogP) is 2.73. The fraction of sp³-hybridized carbons (Fsp3) is 0.261. The number of aryl methyl sites for hydroxylation is 1. The van der Waals surface area contributed by atoms with Gasteiger partial charge in [0, 0.05) is 50.4 Å². The number of carboxylic acids is 1. The number of aromatic carboxylic acids is 1. The smallest absolute Gasteiger partial charge is 0.341 e. The van der Waals surface area contributed by atoms with Crippen LogP contribution in [0.3, 0.4) is 0 Å². The van der Waals surface area contributed by atoms with Gasteiger partial charge in [-0.3, -0.25) is 19.7 Å². The molecule has 1 aromatic heterocycles. The van der Waals surface area contributed by atoms with Crippen molar-refractivity contribution in [1.82, 2.24) is 9.47 Å². The van der Waals surface area contributed by atoms with Gasteiger partial charge in [0.25, 0.3) is 11.6 Å². The van der Waals surface area contributed by atoms with Crippen molar-refractivity contribution in [2.45, 2.75) is 13.5 Å². The number of piperazine rings is 1. The average molecular weight is 468 g/mol. The molecule has 1 aliphatic rings. The zero-order valence-corrected chi connectivity index (χ0v) is 18.2. The van der Waals surface area contributed by atoms with E-state index in [4.69, 9.17) is 0 Å². The van der Waals surface area contributed by atoms with Gasteiger partial charge in [-0.1, -0.05) is 12.1 Å². The summed E-state index contributed by atoms with van der Waals surface area (Å²) in [6, 6.07) is 8.30. The average Bonchev–Trinajstić information content (AvgIpc) is 2.83. The molecule has 1 N–H and O–H groups in total. The second kappa shape index (κ2) is 8.93. The Bertz CT molecular complexity index is 1380. The number of nitro groups is 1. The Kier molecular flexibility index (Phi) is 6.01. The fourth-order valence-electron chi connectivity index (χ4n) is 4.19. The third-order valence-electron chi connectivity index (χ3n) is 5.96. The highest BCUT2D eigenvalue weighted by Crippen LogP contribution is 2.27. The number of nitrogens with zero attached hydrogens (tertiary/aromatic N) is 4. The minimum atomic E-state index is -1.38. The molecule has 10 nitrogen and oxygen atoms in total. The number of carboxylic acid groups (broad SMARTS) is 1. The van der Waals surface area contributed by atoms with E-state index in [2.05, 4.69) is 0 Å². The molecule has 1 saturated heterocycles. The molecule has 0 bridgehead atoms. The van der Waals surface area contributed by atoms with Crippen molar-refractivity contribution in [3.63, 3.8) is 0 Å². The van der Waals surface area contributed by atoms with Gasteiger partial charge in [-0.05, 0) is 25.1 Å². The van der Waals surface area contributed by atoms with Gasteiger partial charge in [0.2, 0.25) is 5.43 Å². The highest BCUT2D eigenvalue weighted by Gasteiger charge is 2.28. The number of nitro benzene ring substituents is 1. The van der Waals surface area contributed by atoms with Crippen LogP contribution in [-0.4, -0.2) is 57.6 Å². The minimum absolute atomic E-state index is 0.000895. The Labute approximate surface area is 192 Å². The molecule has 1 amide bonds. The van der Waals surface area contributed by atoms with Crippen molar-refractivity contribution in [1.29, 1.82) is 0 Å². The topological polar surface area (TPSA) is 126 Å². The van der Waals surface area contributed by atoms with Gasteiger partial charge in [0.1, 0.15) is 16.9 Å². The third kappa shape index (κ3) is 3.96. The highest BCUT2D eigenvalue weighted by atomic mass is 19.1. The van der Waals surface area contributed by atoms with Crippen molar-refractivity contribution in [2.24, 2.45) is 0 Å². The molecule has 1 aliphatic heterocycles. The summed E-state index contributed by atoms with van der Waals surface area (Å²) in [5.74, 6) is -2.52. The number of fused-ring (bicyclic) bond motifs is 1. The SMILES string of the molecule is CCn1cc(C(=O)O)c(=O)c2cc(F)c(N3CCN(C(=O)c4ccccc4[N+](=O)[O-])CC3)cc21. The summed E-state index contributed by atoms with van der Waals surface area (Å²) >= 11 is 0. The zero-order valence-electron chi connectivity index (χ0n) is 18.2. The monoisotopic (exact) mass is 468 g/mol. The second-order valence-electron chi connectivity index (χ2n) is 7.84. The van der Waals surface area contributed by atoms with E-state index in [1.807, 2.05) is 0 Å². The van der Waals surface area contributed by atoms with E-state index in [1.54, 1.807) is 22.5 Å². The van der Waals surface area contributed by atoms with E-state index in [-0.39, 0.29) is 48.5 Å². The number of carbonyl (C=O) groups is 2. The summed E-state index contributed by atoms with van der Waals surface area (Å²) in [5.41, 5.74) is -0.809. The summed E-state index contributed by atoms with van der Waals surface area (Å²) in [7, 11) is 0. The fourth-order valence-corrected chi connectivity index (χ4v) is 4.19. The highest BCUT2D eigenvalue weighted by molar-refractivity contribution is 5.98. The second-order valence-corrected chi connectivity index (χ2v) is 7.84. The van der Waals surface area contributed by atoms with Crippen LogP contribution in [0.15, 0.2) is 47.4 Å². The van der Waals surface area contributed by atoms with Crippen LogP contribution < -0.4 is 10.3 Å². The van der Waals surface area contributed by atoms with Crippen molar-refractivity contribution < 1.29 is 24.0 Å². The van der Waals surface area contributed by atoms with Crippen LogP contribution in [-0.2, 0) is 6.54 Å². The Morgan fingerprint density at radius 1 is 1.12 bits per heavy atom. The number of aromatic nitrogens is 1. The van der Waals surface area contributed by atoms with E-state index in [9.17, 15) is 29.6 Å². The number of para-hydroxylation sites is 1. The number of rotatable bonds is 5. The van der Waals surface area contributed by atoms with Gasteiger partial charge >= 0.3 is 5.97 Å². The van der Waals surface area contributed by atoms with Crippen molar-refractivity contribution >= 4 is 34.2 Å². The van der Waals surface area contributed by atoms with Gasteiger partial charge in [0.15, 0.2) is 0 Å². The lowest BCUT2D eigenvalue weighted by atomic mass is 10.1. The number of carbonyl (C=O) groups excluding carboxylic acids is 1. The van der Waals surface area contributed by atoms with Crippen LogP contribution in [0, 0.1) is 15.9 Å². The zero-order chi connectivity index (χ0) is 24.6. The number of hydrogen-bond donors (Lipinski definition) is 1. The molecule has 0 atom stereocenters. The normalized spacial score (nSPS) is 13.8. The van der Waals surface area contributed by atoms with E-state index >= 15 is 4.39 Å². The van der Waals surface area contributed by atoms with Gasteiger partial charge in [-0.2, -0.15) is 0 Å². The van der Waals surface area contributed by atoms with E-state index in [1.165, 1.54) is 35.4 Å². The predicted molar refractivity (Wildman–Crippen MR) is 122 cm³/mol. The Morgan fingerprint density at radius 2 is 1.79 bits per heavy atom. The molecule has 2 heterocycles. The minimum Gasteiger partial charge on any atom is -0.477 e. The summed E-state index contributed by atoms with van der Waals surface area (Å²) in [4.78, 5) is 50.7. The Hall–Kier alpha value is -4.28. The number of halogens is 1. The molecule has 34 heavy (non-hydrogen) atoms. The molecular weight excluding hydrogens is 447 g/mol. The van der Waals surface area contributed by atoms with Crippen LogP contribution in [0.25, 0.3) is 10.9 Å². The molecule has 1 fully saturated rings. The van der Waals surface area contributed by atoms with Gasteiger partial charge < -0.3 is 19.5 Å². The third-order valence-corrected chi connectivity index (χ3v) is 5.96. The van der Waals surface area contributed by atoms with Crippen LogP contribution in [0.1, 0.15) is 27.6 Å². The Morgan fingerprint density at radius 3 is 2.41 bits per heavy atom. The van der Waals surface area contributed by atoms with E-state index in [0.29, 0.717) is 12.1 Å². The molecule has 0 unspecified atom stereocenters. The van der Waals surface area contributed by atoms with Crippen molar-refractivity contribution in [2.75, 3.05) is 31.1 Å². The van der Waals surface area contributed by atoms with Crippen LogP contribution in [0.5, 0.6) is 0 Å². The number of anilines is 1. The summed E-state index contributed by atoms with van der Waals surface area (Å²) in [5, 5.41) is 20.5.